The van der Waals surface area contributed by atoms with E-state index in [-0.39, 0.29) is 17.5 Å². The van der Waals surface area contributed by atoms with Gasteiger partial charge in [0.25, 0.3) is 0 Å². The first-order valence-electron chi connectivity index (χ1n) is 5.40. The van der Waals surface area contributed by atoms with Crippen molar-refractivity contribution in [2.24, 2.45) is 0 Å². The molecule has 2 atom stereocenters. The van der Waals surface area contributed by atoms with E-state index in [9.17, 15) is 4.79 Å². The van der Waals surface area contributed by atoms with Gasteiger partial charge in [0, 0.05) is 11.6 Å². The third-order valence-electron chi connectivity index (χ3n) is 2.78. The second-order valence-corrected chi connectivity index (χ2v) is 5.19. The van der Waals surface area contributed by atoms with Crippen LogP contribution >= 0.6 is 0 Å². The molecule has 14 heavy (non-hydrogen) atoms. The number of nitrogens with one attached hydrogen (secondary N) is 1. The number of rotatable bonds is 0. The van der Waals surface area contributed by atoms with E-state index in [0.29, 0.717) is 6.04 Å². The summed E-state index contributed by atoms with van der Waals surface area (Å²) in [5.41, 5.74) is -0.0726. The monoisotopic (exact) mass is 198 g/mol. The Kier molecular flexibility index (Phi) is 3.20. The van der Waals surface area contributed by atoms with Crippen LogP contribution in [0.15, 0.2) is 0 Å². The van der Waals surface area contributed by atoms with E-state index in [2.05, 4.69) is 33.0 Å². The Hall–Kier alpha value is -0.570. The van der Waals surface area contributed by atoms with Crippen LogP contribution in [0.5, 0.6) is 0 Å². The normalized spacial score (nSPS) is 30.4. The highest BCUT2D eigenvalue weighted by Crippen LogP contribution is 2.21. The van der Waals surface area contributed by atoms with Gasteiger partial charge in [0.15, 0.2) is 0 Å². The summed E-state index contributed by atoms with van der Waals surface area (Å²) in [6.45, 7) is 11.3. The van der Waals surface area contributed by atoms with E-state index in [4.69, 9.17) is 0 Å². The number of nitrogens with zero attached hydrogens (tertiary/aromatic N) is 1. The van der Waals surface area contributed by atoms with Crippen LogP contribution in [0.4, 0.5) is 0 Å². The Labute approximate surface area is 86.9 Å². The molecule has 0 radical (unpaired) electrons. The molecular weight excluding hydrogens is 176 g/mol. The minimum absolute atomic E-state index is 0.0424. The molecule has 1 fully saturated rings. The van der Waals surface area contributed by atoms with Gasteiger partial charge in [-0.25, -0.2) is 0 Å². The van der Waals surface area contributed by atoms with E-state index in [1.165, 1.54) is 0 Å². The first kappa shape index (κ1) is 11.5. The number of hydrogen-bond acceptors (Lipinski definition) is 2. The van der Waals surface area contributed by atoms with Gasteiger partial charge in [-0.15, -0.1) is 0 Å². The van der Waals surface area contributed by atoms with Crippen LogP contribution in [0, 0.1) is 0 Å². The topological polar surface area (TPSA) is 32.3 Å². The first-order chi connectivity index (χ1) is 6.34. The fourth-order valence-corrected chi connectivity index (χ4v) is 2.14. The molecule has 82 valence electrons. The van der Waals surface area contributed by atoms with Crippen LogP contribution in [-0.2, 0) is 4.79 Å². The van der Waals surface area contributed by atoms with Crippen molar-refractivity contribution in [2.75, 3.05) is 6.54 Å². The zero-order valence-corrected chi connectivity index (χ0v) is 9.92. The average Bonchev–Trinajstić information content (AvgIpc) is 2.11. The Morgan fingerprint density at radius 3 is 2.43 bits per heavy atom. The number of amides is 1. The zero-order valence-electron chi connectivity index (χ0n) is 9.92. The van der Waals surface area contributed by atoms with Crippen LogP contribution in [0.1, 0.15) is 41.0 Å². The molecule has 3 nitrogen and oxygen atoms in total. The predicted octanol–water partition coefficient (Wildman–Crippen LogP) is 1.38. The van der Waals surface area contributed by atoms with Gasteiger partial charge in [0.05, 0.1) is 6.04 Å². The molecule has 1 aliphatic heterocycles. The summed E-state index contributed by atoms with van der Waals surface area (Å²) in [7, 11) is 0. The van der Waals surface area contributed by atoms with E-state index < -0.39 is 0 Å². The standard InChI is InChI=1S/C11H22N2O/c1-8-6-7-12-9(2)10(14)13(8)11(3,4)5/h8-9,12H,6-7H2,1-5H3. The third kappa shape index (κ3) is 2.27. The highest BCUT2D eigenvalue weighted by molar-refractivity contribution is 5.82. The Morgan fingerprint density at radius 2 is 1.93 bits per heavy atom. The summed E-state index contributed by atoms with van der Waals surface area (Å²) in [6.07, 6.45) is 1.04. The van der Waals surface area contributed by atoms with Gasteiger partial charge in [-0.1, -0.05) is 0 Å². The summed E-state index contributed by atoms with van der Waals surface area (Å²) in [5.74, 6) is 0.225. The molecule has 0 saturated carbocycles. The minimum atomic E-state index is -0.0726. The lowest BCUT2D eigenvalue weighted by atomic mass is 10.0. The lowest BCUT2D eigenvalue weighted by molar-refractivity contribution is -0.139. The third-order valence-corrected chi connectivity index (χ3v) is 2.78. The van der Waals surface area contributed by atoms with Crippen molar-refractivity contribution in [3.63, 3.8) is 0 Å². The van der Waals surface area contributed by atoms with Crippen LogP contribution in [-0.4, -0.2) is 35.0 Å². The molecule has 1 heterocycles. The van der Waals surface area contributed by atoms with Crippen molar-refractivity contribution in [3.8, 4) is 0 Å². The van der Waals surface area contributed by atoms with Gasteiger partial charge in [0.2, 0.25) is 5.91 Å². The summed E-state index contributed by atoms with van der Waals surface area (Å²) in [6, 6.07) is 0.291. The largest absolute Gasteiger partial charge is 0.334 e. The molecular formula is C11H22N2O. The average molecular weight is 198 g/mol. The van der Waals surface area contributed by atoms with Crippen LogP contribution in [0.25, 0.3) is 0 Å². The van der Waals surface area contributed by atoms with E-state index in [1.807, 2.05) is 11.8 Å². The SMILES string of the molecule is CC1NCCC(C)N(C(C)(C)C)C1=O. The maximum absolute atomic E-state index is 12.1. The Morgan fingerprint density at radius 1 is 1.36 bits per heavy atom. The molecule has 1 aliphatic rings. The van der Waals surface area contributed by atoms with Crippen LogP contribution < -0.4 is 5.32 Å². The van der Waals surface area contributed by atoms with Crippen molar-refractivity contribution in [1.29, 1.82) is 0 Å². The molecule has 1 amide bonds. The molecule has 0 aromatic rings. The molecule has 0 aromatic heterocycles. The van der Waals surface area contributed by atoms with Crippen molar-refractivity contribution in [2.45, 2.75) is 58.7 Å². The second kappa shape index (κ2) is 3.89. The highest BCUT2D eigenvalue weighted by atomic mass is 16.2. The summed E-state index contributed by atoms with van der Waals surface area (Å²) < 4.78 is 0. The smallest absolute Gasteiger partial charge is 0.240 e. The van der Waals surface area contributed by atoms with Gasteiger partial charge < -0.3 is 10.2 Å². The highest BCUT2D eigenvalue weighted by Gasteiger charge is 2.34. The molecule has 2 unspecified atom stereocenters. The van der Waals surface area contributed by atoms with Gasteiger partial charge in [-0.2, -0.15) is 0 Å². The molecule has 3 heteroatoms. The minimum Gasteiger partial charge on any atom is -0.334 e. The second-order valence-electron chi connectivity index (χ2n) is 5.19. The van der Waals surface area contributed by atoms with Crippen molar-refractivity contribution >= 4 is 5.91 Å². The Balaban J connectivity index is 2.91. The molecule has 0 spiro atoms. The van der Waals surface area contributed by atoms with Crippen molar-refractivity contribution < 1.29 is 4.79 Å². The van der Waals surface area contributed by atoms with E-state index in [1.54, 1.807) is 0 Å². The molecule has 1 saturated heterocycles. The zero-order chi connectivity index (χ0) is 10.9. The molecule has 0 aliphatic carbocycles. The summed E-state index contributed by atoms with van der Waals surface area (Å²) >= 11 is 0. The quantitative estimate of drug-likeness (QED) is 0.638. The lowest BCUT2D eigenvalue weighted by Crippen LogP contribution is -2.53. The van der Waals surface area contributed by atoms with Gasteiger partial charge in [-0.3, -0.25) is 4.79 Å². The molecule has 0 aromatic carbocycles. The first-order valence-corrected chi connectivity index (χ1v) is 5.40. The van der Waals surface area contributed by atoms with Crippen LogP contribution in [0.2, 0.25) is 0 Å². The number of carbonyl (C=O) groups excluding carboxylic acids is 1. The number of carbonyl (C=O) groups is 1. The predicted molar refractivity (Wildman–Crippen MR) is 58.1 cm³/mol. The molecule has 0 bridgehead atoms. The fraction of sp³-hybridized carbons (Fsp3) is 0.909. The lowest BCUT2D eigenvalue weighted by Gasteiger charge is -2.40. The van der Waals surface area contributed by atoms with E-state index >= 15 is 0 Å². The van der Waals surface area contributed by atoms with Gasteiger partial charge in [0.1, 0.15) is 0 Å². The fourth-order valence-electron chi connectivity index (χ4n) is 2.14. The molecule has 1 rings (SSSR count). The number of hydrogen-bond donors (Lipinski definition) is 1. The van der Waals surface area contributed by atoms with Gasteiger partial charge in [-0.05, 0) is 47.6 Å². The van der Waals surface area contributed by atoms with Crippen LogP contribution in [0.3, 0.4) is 0 Å². The maximum Gasteiger partial charge on any atom is 0.240 e. The summed E-state index contributed by atoms with van der Waals surface area (Å²) in [5, 5.41) is 3.24. The maximum atomic E-state index is 12.1. The van der Waals surface area contributed by atoms with Crippen molar-refractivity contribution in [3.05, 3.63) is 0 Å². The van der Waals surface area contributed by atoms with E-state index in [0.717, 1.165) is 13.0 Å². The summed E-state index contributed by atoms with van der Waals surface area (Å²) in [4.78, 5) is 14.1. The van der Waals surface area contributed by atoms with Gasteiger partial charge >= 0.3 is 0 Å². The molecule has 1 N–H and O–H groups in total. The van der Waals surface area contributed by atoms with Crippen molar-refractivity contribution in [1.82, 2.24) is 10.2 Å². The Bertz CT molecular complexity index is 220.